The molecule has 1 heterocycles. The quantitative estimate of drug-likeness (QED) is 0.459. The molecule has 0 radical (unpaired) electrons. The molecule has 4 aromatic rings. The average molecular weight is 430 g/mol. The zero-order chi connectivity index (χ0) is 21.6. The van der Waals surface area contributed by atoms with Crippen molar-refractivity contribution in [1.29, 1.82) is 0 Å². The van der Waals surface area contributed by atoms with Gasteiger partial charge in [0.2, 0.25) is 5.91 Å². The van der Waals surface area contributed by atoms with Gasteiger partial charge in [0.25, 0.3) is 5.91 Å². The van der Waals surface area contributed by atoms with Crippen LogP contribution in [-0.4, -0.2) is 29.9 Å². The minimum absolute atomic E-state index is 0.0478. The molecular weight excluding hydrogens is 406 g/mol. The third-order valence-electron chi connectivity index (χ3n) is 5.03. The molecule has 6 heteroatoms. The van der Waals surface area contributed by atoms with Crippen LogP contribution in [0.5, 0.6) is 0 Å². The highest BCUT2D eigenvalue weighted by Gasteiger charge is 2.09. The van der Waals surface area contributed by atoms with Crippen LogP contribution in [0.4, 0.5) is 0 Å². The molecule has 0 saturated carbocycles. The van der Waals surface area contributed by atoms with Crippen molar-refractivity contribution in [1.82, 2.24) is 15.6 Å². The largest absolute Gasteiger partial charge is 0.354 e. The fourth-order valence-electron chi connectivity index (χ4n) is 3.34. The Bertz CT molecular complexity index is 1210. The van der Waals surface area contributed by atoms with Crippen molar-refractivity contribution in [2.45, 2.75) is 13.3 Å². The number of amides is 2. The zero-order valence-corrected chi connectivity index (χ0v) is 18.0. The number of aryl methyl sites for hydroxylation is 1. The topological polar surface area (TPSA) is 71.1 Å². The summed E-state index contributed by atoms with van der Waals surface area (Å²) in [4.78, 5) is 28.9. The van der Waals surface area contributed by atoms with E-state index >= 15 is 0 Å². The van der Waals surface area contributed by atoms with Gasteiger partial charge in [-0.1, -0.05) is 54.6 Å². The number of benzene rings is 3. The molecule has 0 bridgehead atoms. The van der Waals surface area contributed by atoms with Gasteiger partial charge in [-0.15, -0.1) is 11.3 Å². The first-order chi connectivity index (χ1) is 15.1. The summed E-state index contributed by atoms with van der Waals surface area (Å²) in [6, 6.07) is 21.6. The molecule has 0 aliphatic carbocycles. The van der Waals surface area contributed by atoms with Crippen LogP contribution in [0, 0.1) is 6.92 Å². The van der Waals surface area contributed by atoms with Crippen molar-refractivity contribution >= 4 is 33.9 Å². The maximum atomic E-state index is 12.3. The second-order valence-electron chi connectivity index (χ2n) is 7.29. The van der Waals surface area contributed by atoms with Crippen LogP contribution < -0.4 is 10.6 Å². The predicted molar refractivity (Wildman–Crippen MR) is 125 cm³/mol. The molecule has 0 aliphatic rings. The van der Waals surface area contributed by atoms with Crippen molar-refractivity contribution in [2.75, 3.05) is 13.1 Å². The van der Waals surface area contributed by atoms with E-state index in [0.29, 0.717) is 12.1 Å². The van der Waals surface area contributed by atoms with E-state index in [1.165, 1.54) is 0 Å². The highest BCUT2D eigenvalue weighted by Crippen LogP contribution is 2.21. The van der Waals surface area contributed by atoms with E-state index in [1.807, 2.05) is 43.3 Å². The summed E-state index contributed by atoms with van der Waals surface area (Å²) in [6.07, 6.45) is 0.723. The number of fused-ring (bicyclic) bond motifs is 1. The number of thiazole rings is 1. The maximum Gasteiger partial charge on any atom is 0.251 e. The first-order valence-corrected chi connectivity index (χ1v) is 11.0. The van der Waals surface area contributed by atoms with Crippen molar-refractivity contribution in [3.8, 4) is 11.3 Å². The Labute approximate surface area is 185 Å². The van der Waals surface area contributed by atoms with Gasteiger partial charge in [-0.3, -0.25) is 9.59 Å². The van der Waals surface area contributed by atoms with Crippen molar-refractivity contribution in [3.05, 3.63) is 88.2 Å². The molecule has 2 amide bonds. The van der Waals surface area contributed by atoms with Crippen molar-refractivity contribution in [2.24, 2.45) is 0 Å². The SMILES string of the molecule is Cc1nc(-c2ccc(CCNC(=O)CNC(=O)c3ccc4ccccc4c3)cc2)cs1. The summed E-state index contributed by atoms with van der Waals surface area (Å²) < 4.78 is 0. The van der Waals surface area contributed by atoms with Gasteiger partial charge >= 0.3 is 0 Å². The van der Waals surface area contributed by atoms with E-state index in [0.717, 1.165) is 39.0 Å². The van der Waals surface area contributed by atoms with Gasteiger partial charge in [0, 0.05) is 23.1 Å². The lowest BCUT2D eigenvalue weighted by molar-refractivity contribution is -0.120. The standard InChI is InChI=1S/C25H23N3O2S/c1-17-28-23(16-31-17)20-8-6-18(7-9-20)12-13-26-24(29)15-27-25(30)22-11-10-19-4-2-3-5-21(19)14-22/h2-11,14,16H,12-13,15H2,1H3,(H,26,29)(H,27,30). The van der Waals surface area contributed by atoms with Gasteiger partial charge in [-0.2, -0.15) is 0 Å². The molecule has 0 atom stereocenters. The first-order valence-electron chi connectivity index (χ1n) is 10.1. The molecule has 1 aromatic heterocycles. The van der Waals surface area contributed by atoms with Crippen LogP contribution in [0.25, 0.3) is 22.0 Å². The summed E-state index contributed by atoms with van der Waals surface area (Å²) in [6.45, 7) is 2.46. The fourth-order valence-corrected chi connectivity index (χ4v) is 3.96. The normalized spacial score (nSPS) is 10.7. The van der Waals surface area contributed by atoms with Gasteiger partial charge in [-0.05, 0) is 41.8 Å². The Balaban J connectivity index is 1.22. The van der Waals surface area contributed by atoms with Crippen LogP contribution in [-0.2, 0) is 11.2 Å². The molecule has 5 nitrogen and oxygen atoms in total. The summed E-state index contributed by atoms with van der Waals surface area (Å²) >= 11 is 1.64. The van der Waals surface area contributed by atoms with Crippen LogP contribution in [0.1, 0.15) is 20.9 Å². The molecule has 0 unspecified atom stereocenters. The van der Waals surface area contributed by atoms with Crippen molar-refractivity contribution in [3.63, 3.8) is 0 Å². The fraction of sp³-hybridized carbons (Fsp3) is 0.160. The lowest BCUT2D eigenvalue weighted by atomic mass is 10.1. The Hall–Kier alpha value is -3.51. The molecule has 3 aromatic carbocycles. The highest BCUT2D eigenvalue weighted by atomic mass is 32.1. The minimum Gasteiger partial charge on any atom is -0.354 e. The summed E-state index contributed by atoms with van der Waals surface area (Å²) in [7, 11) is 0. The Kier molecular flexibility index (Phi) is 6.38. The number of carbonyl (C=O) groups excluding carboxylic acids is 2. The second-order valence-corrected chi connectivity index (χ2v) is 8.36. The van der Waals surface area contributed by atoms with E-state index in [1.54, 1.807) is 17.4 Å². The molecule has 0 fully saturated rings. The number of nitrogens with zero attached hydrogens (tertiary/aromatic N) is 1. The lowest BCUT2D eigenvalue weighted by Crippen LogP contribution is -2.37. The number of rotatable bonds is 7. The zero-order valence-electron chi connectivity index (χ0n) is 17.2. The van der Waals surface area contributed by atoms with E-state index in [4.69, 9.17) is 0 Å². The molecule has 4 rings (SSSR count). The third-order valence-corrected chi connectivity index (χ3v) is 5.80. The molecule has 2 N–H and O–H groups in total. The van der Waals surface area contributed by atoms with E-state index in [-0.39, 0.29) is 18.4 Å². The second kappa shape index (κ2) is 9.53. The van der Waals surface area contributed by atoms with Crippen LogP contribution in [0.2, 0.25) is 0 Å². The van der Waals surface area contributed by atoms with Crippen LogP contribution >= 0.6 is 11.3 Å². The van der Waals surface area contributed by atoms with E-state index in [2.05, 4.69) is 45.3 Å². The Morgan fingerprint density at radius 2 is 1.71 bits per heavy atom. The highest BCUT2D eigenvalue weighted by molar-refractivity contribution is 7.09. The number of aromatic nitrogens is 1. The molecule has 0 saturated heterocycles. The maximum absolute atomic E-state index is 12.3. The summed E-state index contributed by atoms with van der Waals surface area (Å²) in [5.41, 5.74) is 3.76. The number of hydrogen-bond acceptors (Lipinski definition) is 4. The number of carbonyl (C=O) groups is 2. The van der Waals surface area contributed by atoms with Gasteiger partial charge in [0.1, 0.15) is 0 Å². The smallest absolute Gasteiger partial charge is 0.251 e. The van der Waals surface area contributed by atoms with Gasteiger partial charge in [0.15, 0.2) is 0 Å². The third kappa shape index (κ3) is 5.35. The first kappa shape index (κ1) is 20.8. The molecule has 0 spiro atoms. The van der Waals surface area contributed by atoms with E-state index in [9.17, 15) is 9.59 Å². The lowest BCUT2D eigenvalue weighted by Gasteiger charge is -2.08. The van der Waals surface area contributed by atoms with Crippen LogP contribution in [0.3, 0.4) is 0 Å². The predicted octanol–water partition coefficient (Wildman–Crippen LogP) is 4.36. The molecular formula is C25H23N3O2S. The van der Waals surface area contributed by atoms with Crippen LogP contribution in [0.15, 0.2) is 72.1 Å². The molecule has 31 heavy (non-hydrogen) atoms. The monoisotopic (exact) mass is 429 g/mol. The summed E-state index contributed by atoms with van der Waals surface area (Å²) in [5, 5.41) is 10.7. The number of nitrogens with one attached hydrogen (secondary N) is 2. The Morgan fingerprint density at radius 1 is 0.935 bits per heavy atom. The average Bonchev–Trinajstić information content (AvgIpc) is 3.24. The van der Waals surface area contributed by atoms with Gasteiger partial charge < -0.3 is 10.6 Å². The minimum atomic E-state index is -0.256. The van der Waals surface area contributed by atoms with Gasteiger partial charge in [0.05, 0.1) is 17.2 Å². The van der Waals surface area contributed by atoms with Gasteiger partial charge in [-0.25, -0.2) is 4.98 Å². The van der Waals surface area contributed by atoms with E-state index < -0.39 is 0 Å². The number of hydrogen-bond donors (Lipinski definition) is 2. The Morgan fingerprint density at radius 3 is 2.45 bits per heavy atom. The van der Waals surface area contributed by atoms with Crippen molar-refractivity contribution < 1.29 is 9.59 Å². The summed E-state index contributed by atoms with van der Waals surface area (Å²) in [5.74, 6) is -0.461. The molecule has 0 aliphatic heterocycles. The molecule has 156 valence electrons.